The standard InChI is InChI=1S/C9H10F4N2O/c1-14-6-2-7(4-15-3-6)16-5-9(12,13)8(10)11/h2-4,8,14H,5H2,1H3. The Bertz CT molecular complexity index is 346. The van der Waals surface area contributed by atoms with E-state index in [1.54, 1.807) is 7.05 Å². The van der Waals surface area contributed by atoms with E-state index in [-0.39, 0.29) is 5.75 Å². The highest BCUT2D eigenvalue weighted by Crippen LogP contribution is 2.24. The molecule has 0 bridgehead atoms. The van der Waals surface area contributed by atoms with Crippen LogP contribution >= 0.6 is 0 Å². The molecule has 0 aliphatic rings. The molecule has 0 spiro atoms. The van der Waals surface area contributed by atoms with Crippen LogP contribution in [-0.4, -0.2) is 31.0 Å². The molecule has 1 aromatic rings. The minimum atomic E-state index is -4.16. The fourth-order valence-electron chi connectivity index (χ4n) is 0.877. The van der Waals surface area contributed by atoms with E-state index in [1.165, 1.54) is 18.5 Å². The average Bonchev–Trinajstić information content (AvgIpc) is 2.26. The summed E-state index contributed by atoms with van der Waals surface area (Å²) in [7, 11) is 1.61. The molecular formula is C9H10F4N2O. The van der Waals surface area contributed by atoms with Gasteiger partial charge in [0, 0.05) is 13.1 Å². The Labute approximate surface area is 89.4 Å². The molecule has 0 saturated carbocycles. The highest BCUT2D eigenvalue weighted by Gasteiger charge is 2.41. The number of halogens is 4. The summed E-state index contributed by atoms with van der Waals surface area (Å²) in [6.07, 6.45) is -1.13. The van der Waals surface area contributed by atoms with Gasteiger partial charge in [0.15, 0.2) is 6.61 Å². The molecule has 0 atom stereocenters. The molecule has 0 aliphatic carbocycles. The predicted molar refractivity (Wildman–Crippen MR) is 50.2 cm³/mol. The van der Waals surface area contributed by atoms with Crippen LogP contribution in [0.3, 0.4) is 0 Å². The van der Waals surface area contributed by atoms with Crippen LogP contribution in [0.15, 0.2) is 18.5 Å². The van der Waals surface area contributed by atoms with Crippen LogP contribution in [0.4, 0.5) is 23.2 Å². The Morgan fingerprint density at radius 1 is 1.44 bits per heavy atom. The first-order valence-corrected chi connectivity index (χ1v) is 4.37. The molecule has 1 aromatic heterocycles. The van der Waals surface area contributed by atoms with Gasteiger partial charge in [0.1, 0.15) is 5.75 Å². The summed E-state index contributed by atoms with van der Waals surface area (Å²) in [5.74, 6) is -4.15. The van der Waals surface area contributed by atoms with Crippen molar-refractivity contribution in [2.45, 2.75) is 12.3 Å². The van der Waals surface area contributed by atoms with Crippen LogP contribution in [0, 0.1) is 0 Å². The third-order valence-electron chi connectivity index (χ3n) is 1.75. The Balaban J connectivity index is 2.60. The molecule has 16 heavy (non-hydrogen) atoms. The number of nitrogens with zero attached hydrogens (tertiary/aromatic N) is 1. The SMILES string of the molecule is CNc1cncc(OCC(F)(F)C(F)F)c1. The summed E-state index contributed by atoms with van der Waals surface area (Å²) >= 11 is 0. The maximum Gasteiger partial charge on any atom is 0.340 e. The predicted octanol–water partition coefficient (Wildman–Crippen LogP) is 2.40. The smallest absolute Gasteiger partial charge is 0.340 e. The van der Waals surface area contributed by atoms with Crippen molar-refractivity contribution >= 4 is 5.69 Å². The first-order chi connectivity index (χ1) is 7.45. The molecule has 0 fully saturated rings. The number of anilines is 1. The van der Waals surface area contributed by atoms with Gasteiger partial charge in [-0.05, 0) is 0 Å². The monoisotopic (exact) mass is 238 g/mol. The van der Waals surface area contributed by atoms with Gasteiger partial charge < -0.3 is 10.1 Å². The lowest BCUT2D eigenvalue weighted by molar-refractivity contribution is -0.148. The number of pyridine rings is 1. The van der Waals surface area contributed by atoms with Crippen LogP contribution < -0.4 is 10.1 Å². The van der Waals surface area contributed by atoms with Gasteiger partial charge >= 0.3 is 12.3 Å². The van der Waals surface area contributed by atoms with Crippen molar-refractivity contribution in [2.75, 3.05) is 19.0 Å². The van der Waals surface area contributed by atoms with Gasteiger partial charge in [-0.2, -0.15) is 8.78 Å². The number of hydrogen-bond acceptors (Lipinski definition) is 3. The van der Waals surface area contributed by atoms with E-state index in [4.69, 9.17) is 0 Å². The van der Waals surface area contributed by atoms with Crippen molar-refractivity contribution in [3.63, 3.8) is 0 Å². The minimum Gasteiger partial charge on any atom is -0.485 e. The fourth-order valence-corrected chi connectivity index (χ4v) is 0.877. The number of nitrogens with one attached hydrogen (secondary N) is 1. The first kappa shape index (κ1) is 12.5. The van der Waals surface area contributed by atoms with E-state index in [1.807, 2.05) is 0 Å². The molecule has 0 aromatic carbocycles. The highest BCUT2D eigenvalue weighted by molar-refractivity contribution is 5.44. The van der Waals surface area contributed by atoms with Crippen LogP contribution in [0.2, 0.25) is 0 Å². The van der Waals surface area contributed by atoms with E-state index in [2.05, 4.69) is 15.0 Å². The normalized spacial score (nSPS) is 11.6. The molecule has 0 amide bonds. The Hall–Kier alpha value is -1.53. The van der Waals surface area contributed by atoms with Crippen molar-refractivity contribution in [1.29, 1.82) is 0 Å². The second-order valence-corrected chi connectivity index (χ2v) is 3.01. The maximum absolute atomic E-state index is 12.5. The van der Waals surface area contributed by atoms with Gasteiger partial charge in [-0.1, -0.05) is 0 Å². The zero-order valence-corrected chi connectivity index (χ0v) is 8.38. The number of aromatic nitrogens is 1. The summed E-state index contributed by atoms with van der Waals surface area (Å²) in [5.41, 5.74) is 0.540. The second kappa shape index (κ2) is 5.00. The molecule has 1 N–H and O–H groups in total. The molecule has 0 unspecified atom stereocenters. The van der Waals surface area contributed by atoms with Crippen molar-refractivity contribution in [1.82, 2.24) is 4.98 Å². The quantitative estimate of drug-likeness (QED) is 0.800. The van der Waals surface area contributed by atoms with E-state index in [0.29, 0.717) is 5.69 Å². The lowest BCUT2D eigenvalue weighted by Gasteiger charge is -2.15. The van der Waals surface area contributed by atoms with Crippen LogP contribution in [0.25, 0.3) is 0 Å². The highest BCUT2D eigenvalue weighted by atomic mass is 19.3. The molecule has 90 valence electrons. The van der Waals surface area contributed by atoms with E-state index >= 15 is 0 Å². The van der Waals surface area contributed by atoms with Crippen molar-refractivity contribution < 1.29 is 22.3 Å². The Morgan fingerprint density at radius 3 is 2.69 bits per heavy atom. The summed E-state index contributed by atoms with van der Waals surface area (Å²) < 4.78 is 53.2. The average molecular weight is 238 g/mol. The van der Waals surface area contributed by atoms with Gasteiger partial charge in [-0.25, -0.2) is 8.78 Å². The molecule has 0 saturated heterocycles. The Morgan fingerprint density at radius 2 is 2.12 bits per heavy atom. The second-order valence-electron chi connectivity index (χ2n) is 3.01. The molecule has 1 rings (SSSR count). The Kier molecular flexibility index (Phi) is 3.92. The van der Waals surface area contributed by atoms with Crippen molar-refractivity contribution in [2.24, 2.45) is 0 Å². The third kappa shape index (κ3) is 3.25. The van der Waals surface area contributed by atoms with Crippen LogP contribution in [-0.2, 0) is 0 Å². The molecular weight excluding hydrogens is 228 g/mol. The van der Waals surface area contributed by atoms with E-state index in [0.717, 1.165) is 0 Å². The van der Waals surface area contributed by atoms with Gasteiger partial charge in [-0.15, -0.1) is 0 Å². The lowest BCUT2D eigenvalue weighted by atomic mass is 10.3. The molecule has 3 nitrogen and oxygen atoms in total. The minimum absolute atomic E-state index is 0.00664. The van der Waals surface area contributed by atoms with E-state index in [9.17, 15) is 17.6 Å². The third-order valence-corrected chi connectivity index (χ3v) is 1.75. The summed E-state index contributed by atoms with van der Waals surface area (Å²) in [5, 5.41) is 2.71. The van der Waals surface area contributed by atoms with Crippen LogP contribution in [0.5, 0.6) is 5.75 Å². The largest absolute Gasteiger partial charge is 0.485 e. The number of alkyl halides is 4. The molecule has 7 heteroatoms. The lowest BCUT2D eigenvalue weighted by Crippen LogP contribution is -2.33. The molecule has 1 heterocycles. The first-order valence-electron chi connectivity index (χ1n) is 4.37. The zero-order valence-electron chi connectivity index (χ0n) is 8.38. The molecule has 0 aliphatic heterocycles. The number of ether oxygens (including phenoxy) is 1. The van der Waals surface area contributed by atoms with Crippen molar-refractivity contribution in [3.05, 3.63) is 18.5 Å². The number of rotatable bonds is 5. The van der Waals surface area contributed by atoms with Crippen LogP contribution in [0.1, 0.15) is 0 Å². The maximum atomic E-state index is 12.5. The summed E-state index contributed by atoms with van der Waals surface area (Å²) in [6, 6.07) is 1.38. The van der Waals surface area contributed by atoms with Gasteiger partial charge in [0.25, 0.3) is 0 Å². The summed E-state index contributed by atoms with van der Waals surface area (Å²) in [6.45, 7) is -1.38. The van der Waals surface area contributed by atoms with Gasteiger partial charge in [0.2, 0.25) is 0 Å². The topological polar surface area (TPSA) is 34.2 Å². The van der Waals surface area contributed by atoms with Gasteiger partial charge in [0.05, 0.1) is 18.1 Å². The fraction of sp³-hybridized carbons (Fsp3) is 0.444. The zero-order chi connectivity index (χ0) is 12.2. The van der Waals surface area contributed by atoms with E-state index < -0.39 is 19.0 Å². The summed E-state index contributed by atoms with van der Waals surface area (Å²) in [4.78, 5) is 3.68. The number of hydrogen-bond donors (Lipinski definition) is 1. The molecule has 0 radical (unpaired) electrons. The van der Waals surface area contributed by atoms with Gasteiger partial charge in [-0.3, -0.25) is 4.98 Å². The van der Waals surface area contributed by atoms with Crippen molar-refractivity contribution in [3.8, 4) is 5.75 Å².